The van der Waals surface area contributed by atoms with Crippen LogP contribution in [-0.4, -0.2) is 121 Å². The fraction of sp³-hybridized carbons (Fsp3) is 0.621. The number of carbonyl (C=O) groups excluding carboxylic acids is 1. The molecule has 0 amide bonds. The molecule has 16 bridgehead atoms. The lowest BCUT2D eigenvalue weighted by Gasteiger charge is -2.49. The van der Waals surface area contributed by atoms with Crippen molar-refractivity contribution in [1.82, 2.24) is 0 Å². The molecule has 0 aromatic heterocycles. The Hall–Kier alpha value is -2.36. The second kappa shape index (κ2) is 15.9. The van der Waals surface area contributed by atoms with E-state index in [1.807, 2.05) is 12.1 Å². The summed E-state index contributed by atoms with van der Waals surface area (Å²) in [4.78, 5) is 11.6. The van der Waals surface area contributed by atoms with E-state index < -0.39 is 114 Å². The van der Waals surface area contributed by atoms with Crippen LogP contribution >= 0.6 is 0 Å². The van der Waals surface area contributed by atoms with Crippen LogP contribution in [0.5, 0.6) is 0 Å². The van der Waals surface area contributed by atoms with E-state index in [0.29, 0.717) is 11.6 Å². The Morgan fingerprint density at radius 1 is 0.544 bits per heavy atom. The minimum Gasteiger partial charge on any atom is -0.462 e. The van der Waals surface area contributed by atoms with E-state index >= 15 is 0 Å². The number of ether oxygens (including phenoxy) is 19. The lowest BCUT2D eigenvalue weighted by Crippen LogP contribution is -2.69. The zero-order valence-electron chi connectivity index (χ0n) is 29.1. The van der Waals surface area contributed by atoms with E-state index in [2.05, 4.69) is 13.2 Å². The van der Waals surface area contributed by atoms with Crippen molar-refractivity contribution < 1.29 is 121 Å². The molecule has 1 aromatic carbocycles. The Morgan fingerprint density at radius 3 is 1.18 bits per heavy atom. The Bertz CT molecular complexity index is 1500. The summed E-state index contributed by atoms with van der Waals surface area (Å²) in [5.74, 6) is -0.513. The predicted molar refractivity (Wildman–Crippen MR) is 162 cm³/mol. The van der Waals surface area contributed by atoms with Gasteiger partial charge in [-0.15, -0.1) is 0 Å². The van der Waals surface area contributed by atoms with Gasteiger partial charge in [-0.05, 0) is 18.9 Å². The summed E-state index contributed by atoms with van der Waals surface area (Å²) in [5, 5.41) is 0.551. The summed E-state index contributed by atoms with van der Waals surface area (Å²) < 4.78 is 139. The molecule has 57 heavy (non-hydrogen) atoms. The van der Waals surface area contributed by atoms with Gasteiger partial charge < -0.3 is 31.3 Å². The third-order valence-electron chi connectivity index (χ3n) is 8.29. The summed E-state index contributed by atoms with van der Waals surface area (Å²) >= 11 is 0. The SMILES string of the molecule is C=C(C)C(=O)OCCC[Si]12OC3OC4OC5OC(O3)OC(OC(O5)OC(O4)O1)O2.C=Cc1ccc([Si]23OC4OC5OC6OC(O4)OC(OC(O6)OC(O5)O2)O3)cc1. The van der Waals surface area contributed by atoms with Crippen LogP contribution in [-0.2, 0) is 121 Å². The summed E-state index contributed by atoms with van der Waals surface area (Å²) in [5.41, 5.74) is 1.17. The van der Waals surface area contributed by atoms with Crippen LogP contribution in [0.4, 0.5) is 0 Å². The Morgan fingerprint density at radius 2 is 0.860 bits per heavy atom. The molecular formula is C29H32O26Si2. The molecule has 28 heteroatoms. The molecule has 12 saturated heterocycles. The standard InChI is InChI=1S/C15H14O12Si.C14H18O14Si/c1-2-7-3-5-8(6-4-7)28-25-13-19-10-16-9-17-11(21-13)23-15(27-28)24-12(18-9)22-14(20-10)26-28;1-6(2)7(15)16-4-3-5-29-26-12-20-9-17-8-18-10(22-12)24-14(28-29)25-11(19-8)23-13(21-9)27-29/h2-6,9-15H,1H2;8-14H,1,3-5H2,2H3. The van der Waals surface area contributed by atoms with E-state index in [9.17, 15) is 4.79 Å². The molecule has 0 aliphatic carbocycles. The topological polar surface area (TPSA) is 248 Å². The number of benzene rings is 1. The van der Waals surface area contributed by atoms with Gasteiger partial charge in [0.25, 0.3) is 90.7 Å². The second-order valence-corrected chi connectivity index (χ2v) is 17.3. The van der Waals surface area contributed by atoms with Gasteiger partial charge in [0.1, 0.15) is 0 Å². The molecule has 12 aliphatic rings. The molecule has 0 saturated carbocycles. The van der Waals surface area contributed by atoms with E-state index in [-0.39, 0.29) is 18.2 Å². The van der Waals surface area contributed by atoms with Crippen LogP contribution in [0.2, 0.25) is 6.04 Å². The van der Waals surface area contributed by atoms with Crippen molar-refractivity contribution in [3.8, 4) is 0 Å². The first kappa shape index (κ1) is 38.8. The first-order valence-corrected chi connectivity index (χ1v) is 20.7. The average molecular weight is 853 g/mol. The van der Waals surface area contributed by atoms with Gasteiger partial charge in [0.15, 0.2) is 0 Å². The Balaban J connectivity index is 0.000000139. The number of hydrogen-bond acceptors (Lipinski definition) is 26. The first-order valence-electron chi connectivity index (χ1n) is 17.0. The van der Waals surface area contributed by atoms with Crippen molar-refractivity contribution >= 4 is 34.8 Å². The highest BCUT2D eigenvalue weighted by molar-refractivity contribution is 6.75. The number of esters is 1. The zero-order valence-corrected chi connectivity index (χ0v) is 31.1. The third-order valence-corrected chi connectivity index (χ3v) is 13.5. The van der Waals surface area contributed by atoms with Crippen molar-refractivity contribution in [3.05, 3.63) is 48.6 Å². The highest BCUT2D eigenvalue weighted by Crippen LogP contribution is 2.39. The van der Waals surface area contributed by atoms with Gasteiger partial charge in [0, 0.05) is 16.8 Å². The van der Waals surface area contributed by atoms with E-state index in [4.69, 9.17) is 117 Å². The van der Waals surface area contributed by atoms with Gasteiger partial charge >= 0.3 is 23.6 Å². The van der Waals surface area contributed by atoms with Crippen LogP contribution in [0, 0.1) is 0 Å². The number of rotatable bonds is 7. The summed E-state index contributed by atoms with van der Waals surface area (Å²) in [6.45, 7) is -10.2. The highest BCUT2D eigenvalue weighted by Gasteiger charge is 2.61. The summed E-state index contributed by atoms with van der Waals surface area (Å²) in [7, 11) is -7.50. The van der Waals surface area contributed by atoms with Crippen molar-refractivity contribution in [2.75, 3.05) is 6.61 Å². The maximum atomic E-state index is 11.6. The molecule has 0 spiro atoms. The lowest BCUT2D eigenvalue weighted by atomic mass is 10.2. The lowest BCUT2D eigenvalue weighted by molar-refractivity contribution is -0.630. The molecule has 12 fully saturated rings. The largest absolute Gasteiger partial charge is 0.548 e. The van der Waals surface area contributed by atoms with E-state index in [1.54, 1.807) is 25.1 Å². The number of hydrogen-bond donors (Lipinski definition) is 0. The summed E-state index contributed by atoms with van der Waals surface area (Å²) in [6, 6.07) is 7.28. The van der Waals surface area contributed by atoms with Gasteiger partial charge in [-0.1, -0.05) is 43.5 Å². The van der Waals surface area contributed by atoms with Crippen LogP contribution in [0.25, 0.3) is 6.08 Å². The maximum Gasteiger partial charge on any atom is 0.548 e. The molecule has 0 unspecified atom stereocenters. The summed E-state index contributed by atoms with van der Waals surface area (Å²) in [6.07, 6.45) is 2.00. The van der Waals surface area contributed by atoms with Crippen LogP contribution < -0.4 is 5.19 Å². The van der Waals surface area contributed by atoms with Gasteiger partial charge in [-0.25, -0.2) is 4.79 Å². The maximum absolute atomic E-state index is 11.6. The first-order chi connectivity index (χ1) is 27.6. The smallest absolute Gasteiger partial charge is 0.462 e. The van der Waals surface area contributed by atoms with Gasteiger partial charge in [0.2, 0.25) is 0 Å². The molecule has 312 valence electrons. The average Bonchev–Trinajstić information content (AvgIpc) is 3.06. The molecule has 0 radical (unpaired) electrons. The zero-order chi connectivity index (χ0) is 38.7. The normalized spacial score (nSPS) is 46.3. The molecule has 0 atom stereocenters. The van der Waals surface area contributed by atoms with E-state index in [0.717, 1.165) is 5.56 Å². The molecule has 12 heterocycles. The monoisotopic (exact) mass is 852 g/mol. The van der Waals surface area contributed by atoms with Crippen molar-refractivity contribution in [3.63, 3.8) is 0 Å². The highest BCUT2D eigenvalue weighted by atomic mass is 28.4. The van der Waals surface area contributed by atoms with Crippen LogP contribution in [0.1, 0.15) is 18.9 Å². The van der Waals surface area contributed by atoms with Crippen LogP contribution in [0.15, 0.2) is 43.0 Å². The molecule has 12 aliphatic heterocycles. The Labute approximate surface area is 321 Å². The van der Waals surface area contributed by atoms with Crippen molar-refractivity contribution in [2.24, 2.45) is 0 Å². The fourth-order valence-corrected chi connectivity index (χ4v) is 10.2. The molecule has 13 rings (SSSR count). The third kappa shape index (κ3) is 8.51. The van der Waals surface area contributed by atoms with Gasteiger partial charge in [-0.3, -0.25) is 85.3 Å². The quantitative estimate of drug-likeness (QED) is 0.144. The van der Waals surface area contributed by atoms with Crippen molar-refractivity contribution in [1.29, 1.82) is 0 Å². The van der Waals surface area contributed by atoms with Gasteiger partial charge in [0.05, 0.1) is 6.61 Å². The molecule has 1 aromatic rings. The molecule has 26 nitrogen and oxygen atoms in total. The van der Waals surface area contributed by atoms with Crippen LogP contribution in [0.3, 0.4) is 0 Å². The fourth-order valence-electron chi connectivity index (χ4n) is 5.70. The Kier molecular flexibility index (Phi) is 10.8. The van der Waals surface area contributed by atoms with Gasteiger partial charge in [-0.2, -0.15) is 0 Å². The second-order valence-electron chi connectivity index (χ2n) is 12.3. The predicted octanol–water partition coefficient (Wildman–Crippen LogP) is -0.585. The molecular weight excluding hydrogens is 820 g/mol. The molecule has 0 N–H and O–H groups in total. The van der Waals surface area contributed by atoms with Crippen molar-refractivity contribution in [2.45, 2.75) is 110 Å². The minimum absolute atomic E-state index is 0.0621. The van der Waals surface area contributed by atoms with E-state index in [1.165, 1.54) is 0 Å². The minimum atomic E-state index is -3.82. The number of carbonyl (C=O) groups is 1.